The topological polar surface area (TPSA) is 12.5 Å². The van der Waals surface area contributed by atoms with Crippen molar-refractivity contribution in [1.82, 2.24) is 0 Å². The van der Waals surface area contributed by atoms with Crippen LogP contribution in [0.2, 0.25) is 0 Å². The molecule has 214 valence electrons. The van der Waals surface area contributed by atoms with Crippen LogP contribution >= 0.6 is 0 Å². The molecule has 0 saturated carbocycles. The van der Waals surface area contributed by atoms with Crippen LogP contribution in [-0.4, -0.2) is 0 Å². The summed E-state index contributed by atoms with van der Waals surface area (Å²) < 4.78 is 6.61. The number of rotatable bonds is 6. The molecule has 0 amide bonds. The smallest absolute Gasteiger partial charge is 0.132 e. The van der Waals surface area contributed by atoms with Crippen molar-refractivity contribution in [3.63, 3.8) is 0 Å². The second-order valence-corrected chi connectivity index (χ2v) is 11.3. The van der Waals surface area contributed by atoms with Crippen molar-refractivity contribution in [2.24, 2.45) is 0 Å². The summed E-state index contributed by atoms with van der Waals surface area (Å²) in [7, 11) is 0. The minimum Gasteiger partial charge on any atom is -0.457 e. The first-order valence-corrected chi connectivity index (χ1v) is 15.4. The third kappa shape index (κ3) is 4.59. The fourth-order valence-corrected chi connectivity index (χ4v) is 6.79. The van der Waals surface area contributed by atoms with Gasteiger partial charge in [0.25, 0.3) is 0 Å². The van der Waals surface area contributed by atoms with Crippen LogP contribution in [0.3, 0.4) is 0 Å². The van der Waals surface area contributed by atoms with Gasteiger partial charge in [0, 0.05) is 28.2 Å². The summed E-state index contributed by atoms with van der Waals surface area (Å²) in [4.78, 5) is 2.29. The van der Waals surface area contributed by atoms with Crippen molar-refractivity contribution in [3.8, 4) is 22.6 Å². The molecule has 7 aromatic carbocycles. The Morgan fingerprint density at radius 2 is 0.800 bits per heavy atom. The van der Waals surface area contributed by atoms with Gasteiger partial charge in [-0.05, 0) is 76.9 Å². The largest absolute Gasteiger partial charge is 0.457 e. The maximum Gasteiger partial charge on any atom is 0.132 e. The monoisotopic (exact) mass is 577 g/mol. The molecule has 45 heavy (non-hydrogen) atoms. The summed E-state index contributed by atoms with van der Waals surface area (Å²) in [5.41, 5.74) is 9.80. The van der Waals surface area contributed by atoms with Gasteiger partial charge in [-0.2, -0.15) is 0 Å². The molecule has 1 aliphatic rings. The zero-order chi connectivity index (χ0) is 30.1. The average Bonchev–Trinajstić information content (AvgIpc) is 3.12. The molecule has 8 rings (SSSR count). The Labute approximate surface area is 264 Å². The van der Waals surface area contributed by atoms with E-state index in [0.717, 1.165) is 50.8 Å². The Morgan fingerprint density at radius 1 is 0.356 bits per heavy atom. The number of para-hydroxylation sites is 3. The van der Waals surface area contributed by atoms with Crippen LogP contribution in [-0.2, 0) is 5.41 Å². The molecule has 0 bridgehead atoms. The normalized spacial score (nSPS) is 12.8. The summed E-state index contributed by atoms with van der Waals surface area (Å²) in [6.45, 7) is 0. The van der Waals surface area contributed by atoms with Gasteiger partial charge in [-0.3, -0.25) is 0 Å². The van der Waals surface area contributed by atoms with E-state index in [1.165, 1.54) is 11.1 Å². The van der Waals surface area contributed by atoms with Gasteiger partial charge in [-0.15, -0.1) is 0 Å². The summed E-state index contributed by atoms with van der Waals surface area (Å²) in [5.74, 6) is 1.76. The molecule has 0 N–H and O–H groups in total. The molecular formula is C43H31NO. The highest BCUT2D eigenvalue weighted by atomic mass is 16.5. The van der Waals surface area contributed by atoms with E-state index in [9.17, 15) is 0 Å². The predicted octanol–water partition coefficient (Wildman–Crippen LogP) is 11.3. The van der Waals surface area contributed by atoms with E-state index in [2.05, 4.69) is 193 Å². The van der Waals surface area contributed by atoms with E-state index in [0.29, 0.717) is 0 Å². The SMILES string of the molecule is c1ccc(N(c2ccccc2)c2ccc(-c3ccc4c(c3)C(c3ccccc3)(c3ccccc3)c3ccccc3O4)cc2)cc1. The summed E-state index contributed by atoms with van der Waals surface area (Å²) >= 11 is 0. The number of fused-ring (bicyclic) bond motifs is 2. The highest BCUT2D eigenvalue weighted by Gasteiger charge is 2.45. The minimum atomic E-state index is -0.542. The van der Waals surface area contributed by atoms with Crippen molar-refractivity contribution >= 4 is 17.1 Å². The summed E-state index contributed by atoms with van der Waals surface area (Å²) in [6, 6.07) is 66.6. The van der Waals surface area contributed by atoms with Gasteiger partial charge < -0.3 is 9.64 Å². The molecule has 2 heteroatoms. The van der Waals surface area contributed by atoms with Crippen LogP contribution in [0.4, 0.5) is 17.1 Å². The van der Waals surface area contributed by atoms with Gasteiger partial charge >= 0.3 is 0 Å². The van der Waals surface area contributed by atoms with E-state index in [4.69, 9.17) is 4.74 Å². The first-order chi connectivity index (χ1) is 22.3. The zero-order valence-corrected chi connectivity index (χ0v) is 24.8. The van der Waals surface area contributed by atoms with E-state index in [-0.39, 0.29) is 0 Å². The standard InChI is InChI=1S/C43H31NO/c1-5-15-34(16-6-1)43(35-17-7-2-8-18-35)39-23-13-14-24-41(39)45-42-30-27-33(31-40(42)43)32-25-28-38(29-26-32)44(36-19-9-3-10-20-36)37-21-11-4-12-22-37/h1-31H. The van der Waals surface area contributed by atoms with Gasteiger partial charge in [0.2, 0.25) is 0 Å². The van der Waals surface area contributed by atoms with E-state index in [1.54, 1.807) is 0 Å². The third-order valence-corrected chi connectivity index (χ3v) is 8.80. The molecule has 0 radical (unpaired) electrons. The molecule has 0 unspecified atom stereocenters. The highest BCUT2D eigenvalue weighted by molar-refractivity contribution is 5.79. The van der Waals surface area contributed by atoms with Crippen molar-refractivity contribution < 1.29 is 4.74 Å². The van der Waals surface area contributed by atoms with Gasteiger partial charge in [-0.25, -0.2) is 0 Å². The van der Waals surface area contributed by atoms with Crippen LogP contribution in [0.15, 0.2) is 188 Å². The summed E-state index contributed by atoms with van der Waals surface area (Å²) in [5, 5.41) is 0. The number of ether oxygens (including phenoxy) is 1. The quantitative estimate of drug-likeness (QED) is 0.195. The molecule has 0 aliphatic carbocycles. The number of hydrogen-bond donors (Lipinski definition) is 0. The van der Waals surface area contributed by atoms with Crippen molar-refractivity contribution in [2.75, 3.05) is 4.90 Å². The molecule has 1 aliphatic heterocycles. The minimum absolute atomic E-state index is 0.542. The Morgan fingerprint density at radius 3 is 1.38 bits per heavy atom. The Balaban J connectivity index is 1.28. The van der Waals surface area contributed by atoms with Crippen LogP contribution < -0.4 is 9.64 Å². The van der Waals surface area contributed by atoms with E-state index >= 15 is 0 Å². The van der Waals surface area contributed by atoms with Crippen molar-refractivity contribution in [2.45, 2.75) is 5.41 Å². The number of benzene rings is 7. The fourth-order valence-electron chi connectivity index (χ4n) is 6.79. The third-order valence-electron chi connectivity index (χ3n) is 8.80. The molecule has 2 nitrogen and oxygen atoms in total. The Kier molecular flexibility index (Phi) is 6.73. The molecule has 0 aromatic heterocycles. The predicted molar refractivity (Wildman–Crippen MR) is 185 cm³/mol. The molecule has 1 heterocycles. The highest BCUT2D eigenvalue weighted by Crippen LogP contribution is 2.55. The fraction of sp³-hybridized carbons (Fsp3) is 0.0233. The lowest BCUT2D eigenvalue weighted by molar-refractivity contribution is 0.434. The van der Waals surface area contributed by atoms with E-state index in [1.807, 2.05) is 0 Å². The number of anilines is 3. The molecular weight excluding hydrogens is 546 g/mol. The first-order valence-electron chi connectivity index (χ1n) is 15.4. The maximum absolute atomic E-state index is 6.61. The molecule has 7 aromatic rings. The second-order valence-electron chi connectivity index (χ2n) is 11.3. The summed E-state index contributed by atoms with van der Waals surface area (Å²) in [6.07, 6.45) is 0. The van der Waals surface area contributed by atoms with Gasteiger partial charge in [0.15, 0.2) is 0 Å². The maximum atomic E-state index is 6.61. The van der Waals surface area contributed by atoms with Crippen LogP contribution in [0, 0.1) is 0 Å². The molecule has 0 saturated heterocycles. The van der Waals surface area contributed by atoms with Crippen molar-refractivity contribution in [3.05, 3.63) is 210 Å². The first kappa shape index (κ1) is 26.7. The Bertz CT molecular complexity index is 1980. The van der Waals surface area contributed by atoms with Gasteiger partial charge in [0.1, 0.15) is 11.5 Å². The van der Waals surface area contributed by atoms with E-state index < -0.39 is 5.41 Å². The lowest BCUT2D eigenvalue weighted by atomic mass is 9.63. The zero-order valence-electron chi connectivity index (χ0n) is 24.8. The Hall–Kier alpha value is -5.86. The van der Waals surface area contributed by atoms with Crippen LogP contribution in [0.5, 0.6) is 11.5 Å². The molecule has 0 fully saturated rings. The van der Waals surface area contributed by atoms with Crippen LogP contribution in [0.25, 0.3) is 11.1 Å². The lowest BCUT2D eigenvalue weighted by Gasteiger charge is -2.41. The number of hydrogen-bond acceptors (Lipinski definition) is 2. The van der Waals surface area contributed by atoms with Crippen molar-refractivity contribution in [1.29, 1.82) is 0 Å². The molecule has 0 atom stereocenters. The van der Waals surface area contributed by atoms with Crippen LogP contribution in [0.1, 0.15) is 22.3 Å². The molecule has 0 spiro atoms. The van der Waals surface area contributed by atoms with Gasteiger partial charge in [-0.1, -0.05) is 133 Å². The van der Waals surface area contributed by atoms with Gasteiger partial charge in [0.05, 0.1) is 5.41 Å². The second kappa shape index (κ2) is 11.3. The average molecular weight is 578 g/mol. The number of nitrogens with zero attached hydrogens (tertiary/aromatic N) is 1. The lowest BCUT2D eigenvalue weighted by Crippen LogP contribution is -2.34.